The molecule has 1 fully saturated rings. The van der Waals surface area contributed by atoms with Crippen LogP contribution >= 0.6 is 0 Å². The second-order valence-electron chi connectivity index (χ2n) is 5.74. The molecule has 0 unspecified atom stereocenters. The molecule has 5 nitrogen and oxygen atoms in total. The lowest BCUT2D eigenvalue weighted by atomic mass is 9.85. The second-order valence-corrected chi connectivity index (χ2v) is 5.74. The summed E-state index contributed by atoms with van der Waals surface area (Å²) in [7, 11) is 0. The highest BCUT2D eigenvalue weighted by atomic mass is 16.4. The summed E-state index contributed by atoms with van der Waals surface area (Å²) in [5.74, 6) is -0.838. The Balaban J connectivity index is 2.03. The Bertz CT molecular complexity index is 522. The van der Waals surface area contributed by atoms with E-state index in [1.165, 1.54) is 0 Å². The van der Waals surface area contributed by atoms with Crippen LogP contribution in [0.2, 0.25) is 0 Å². The van der Waals surface area contributed by atoms with Gasteiger partial charge in [-0.25, -0.2) is 0 Å². The standard InChI is InChI=1S/C16H22N2O3/c17-11-16(8-1-2-9-16)15(21)18-13-5-3-4-12(10-13)6-7-14(19)20/h3-5,10H,1-2,6-9,11,17H2,(H,18,21)(H,19,20). The number of carboxylic acid groups (broad SMARTS) is 1. The van der Waals surface area contributed by atoms with Crippen molar-refractivity contribution >= 4 is 17.6 Å². The molecule has 0 spiro atoms. The maximum absolute atomic E-state index is 12.5. The van der Waals surface area contributed by atoms with Crippen molar-refractivity contribution in [2.24, 2.45) is 11.1 Å². The van der Waals surface area contributed by atoms with E-state index >= 15 is 0 Å². The summed E-state index contributed by atoms with van der Waals surface area (Å²) in [6.07, 6.45) is 4.32. The van der Waals surface area contributed by atoms with Gasteiger partial charge in [-0.1, -0.05) is 25.0 Å². The minimum absolute atomic E-state index is 0.0158. The maximum atomic E-state index is 12.5. The maximum Gasteiger partial charge on any atom is 0.303 e. The number of carbonyl (C=O) groups excluding carboxylic acids is 1. The first-order valence-corrected chi connectivity index (χ1v) is 7.38. The van der Waals surface area contributed by atoms with Gasteiger partial charge in [0.25, 0.3) is 0 Å². The van der Waals surface area contributed by atoms with Gasteiger partial charge in [-0.3, -0.25) is 9.59 Å². The van der Waals surface area contributed by atoms with Crippen molar-refractivity contribution in [3.05, 3.63) is 29.8 Å². The lowest BCUT2D eigenvalue weighted by Crippen LogP contribution is -2.40. The third-order valence-corrected chi connectivity index (χ3v) is 4.25. The van der Waals surface area contributed by atoms with Crippen molar-refractivity contribution < 1.29 is 14.7 Å². The van der Waals surface area contributed by atoms with Crippen molar-refractivity contribution in [3.63, 3.8) is 0 Å². The van der Waals surface area contributed by atoms with Gasteiger partial charge in [0.1, 0.15) is 0 Å². The van der Waals surface area contributed by atoms with Gasteiger partial charge in [-0.05, 0) is 37.0 Å². The van der Waals surface area contributed by atoms with Gasteiger partial charge in [0.2, 0.25) is 5.91 Å². The van der Waals surface area contributed by atoms with Crippen LogP contribution in [0.1, 0.15) is 37.7 Å². The molecule has 0 atom stereocenters. The quantitative estimate of drug-likeness (QED) is 0.748. The fourth-order valence-corrected chi connectivity index (χ4v) is 2.90. The number of carbonyl (C=O) groups is 2. The van der Waals surface area contributed by atoms with E-state index in [1.807, 2.05) is 24.3 Å². The predicted molar refractivity (Wildman–Crippen MR) is 81.0 cm³/mol. The number of amides is 1. The highest BCUT2D eigenvalue weighted by molar-refractivity contribution is 5.95. The van der Waals surface area contributed by atoms with Crippen LogP contribution < -0.4 is 11.1 Å². The van der Waals surface area contributed by atoms with E-state index in [0.29, 0.717) is 18.7 Å². The molecule has 1 aromatic rings. The molecule has 114 valence electrons. The van der Waals surface area contributed by atoms with E-state index in [-0.39, 0.29) is 12.3 Å². The number of nitrogens with two attached hydrogens (primary N) is 1. The van der Waals surface area contributed by atoms with E-state index in [0.717, 1.165) is 31.2 Å². The molecular formula is C16H22N2O3. The third-order valence-electron chi connectivity index (χ3n) is 4.25. The smallest absolute Gasteiger partial charge is 0.303 e. The third kappa shape index (κ3) is 3.82. The zero-order valence-corrected chi connectivity index (χ0v) is 12.1. The van der Waals surface area contributed by atoms with Gasteiger partial charge in [0.05, 0.1) is 5.41 Å². The molecule has 0 bridgehead atoms. The summed E-state index contributed by atoms with van der Waals surface area (Å²) >= 11 is 0. The molecule has 0 aliphatic heterocycles. The number of hydrogen-bond acceptors (Lipinski definition) is 3. The average molecular weight is 290 g/mol. The van der Waals surface area contributed by atoms with Gasteiger partial charge in [0.15, 0.2) is 0 Å². The summed E-state index contributed by atoms with van der Waals surface area (Å²) in [6, 6.07) is 7.35. The van der Waals surface area contributed by atoms with Crippen LogP contribution in [0.15, 0.2) is 24.3 Å². The van der Waals surface area contributed by atoms with Crippen molar-refractivity contribution in [2.75, 3.05) is 11.9 Å². The Morgan fingerprint density at radius 1 is 1.29 bits per heavy atom. The predicted octanol–water partition coefficient (Wildman–Crippen LogP) is 2.16. The van der Waals surface area contributed by atoms with Crippen molar-refractivity contribution in [3.8, 4) is 0 Å². The zero-order valence-electron chi connectivity index (χ0n) is 12.1. The summed E-state index contributed by atoms with van der Waals surface area (Å²) in [6.45, 7) is 0.373. The highest BCUT2D eigenvalue weighted by Crippen LogP contribution is 2.38. The first-order valence-electron chi connectivity index (χ1n) is 7.38. The number of rotatable bonds is 6. The largest absolute Gasteiger partial charge is 0.481 e. The normalized spacial score (nSPS) is 16.6. The Morgan fingerprint density at radius 2 is 2.00 bits per heavy atom. The van der Waals surface area contributed by atoms with Gasteiger partial charge < -0.3 is 16.2 Å². The molecule has 0 radical (unpaired) electrons. The van der Waals surface area contributed by atoms with Crippen LogP contribution in [-0.2, 0) is 16.0 Å². The number of carboxylic acids is 1. The van der Waals surface area contributed by atoms with E-state index in [4.69, 9.17) is 10.8 Å². The summed E-state index contributed by atoms with van der Waals surface area (Å²) in [5.41, 5.74) is 6.99. The van der Waals surface area contributed by atoms with Gasteiger partial charge in [-0.15, -0.1) is 0 Å². The minimum atomic E-state index is -0.822. The number of aliphatic carboxylic acids is 1. The number of hydrogen-bond donors (Lipinski definition) is 3. The van der Waals surface area contributed by atoms with Crippen molar-refractivity contribution in [1.29, 1.82) is 0 Å². The fraction of sp³-hybridized carbons (Fsp3) is 0.500. The number of benzene rings is 1. The van der Waals surface area contributed by atoms with Crippen molar-refractivity contribution in [2.45, 2.75) is 38.5 Å². The monoisotopic (exact) mass is 290 g/mol. The Kier molecular flexibility index (Phi) is 4.96. The number of aryl methyl sites for hydroxylation is 1. The average Bonchev–Trinajstić information content (AvgIpc) is 2.96. The van der Waals surface area contributed by atoms with Crippen LogP contribution in [0.5, 0.6) is 0 Å². The topological polar surface area (TPSA) is 92.4 Å². The van der Waals surface area contributed by atoms with Crippen LogP contribution in [0, 0.1) is 5.41 Å². The molecule has 0 heterocycles. The molecule has 1 aliphatic carbocycles. The molecule has 1 saturated carbocycles. The molecular weight excluding hydrogens is 268 g/mol. The molecule has 1 aromatic carbocycles. The van der Waals surface area contributed by atoms with E-state index < -0.39 is 11.4 Å². The molecule has 0 saturated heterocycles. The Labute approximate surface area is 124 Å². The fourth-order valence-electron chi connectivity index (χ4n) is 2.90. The summed E-state index contributed by atoms with van der Waals surface area (Å²) < 4.78 is 0. The van der Waals surface area contributed by atoms with Gasteiger partial charge in [0, 0.05) is 18.7 Å². The first-order chi connectivity index (χ1) is 10.1. The van der Waals surface area contributed by atoms with E-state index in [2.05, 4.69) is 5.32 Å². The lowest BCUT2D eigenvalue weighted by Gasteiger charge is -2.25. The summed E-state index contributed by atoms with van der Waals surface area (Å²) in [5, 5.41) is 11.7. The highest BCUT2D eigenvalue weighted by Gasteiger charge is 2.39. The molecule has 1 amide bonds. The van der Waals surface area contributed by atoms with E-state index in [9.17, 15) is 9.59 Å². The van der Waals surface area contributed by atoms with Gasteiger partial charge >= 0.3 is 5.97 Å². The molecule has 21 heavy (non-hydrogen) atoms. The number of anilines is 1. The minimum Gasteiger partial charge on any atom is -0.481 e. The number of nitrogens with one attached hydrogen (secondary N) is 1. The van der Waals surface area contributed by atoms with Crippen LogP contribution in [0.25, 0.3) is 0 Å². The molecule has 5 heteroatoms. The van der Waals surface area contributed by atoms with Crippen molar-refractivity contribution in [1.82, 2.24) is 0 Å². The first kappa shape index (κ1) is 15.5. The Hall–Kier alpha value is -1.88. The van der Waals surface area contributed by atoms with Crippen LogP contribution in [0.3, 0.4) is 0 Å². The molecule has 4 N–H and O–H groups in total. The zero-order chi connectivity index (χ0) is 15.3. The molecule has 0 aromatic heterocycles. The van der Waals surface area contributed by atoms with Crippen LogP contribution in [-0.4, -0.2) is 23.5 Å². The molecule has 1 aliphatic rings. The SMILES string of the molecule is NCC1(C(=O)Nc2cccc(CCC(=O)O)c2)CCCC1. The Morgan fingerprint density at radius 3 is 2.62 bits per heavy atom. The van der Waals surface area contributed by atoms with E-state index in [1.54, 1.807) is 0 Å². The molecule has 2 rings (SSSR count). The van der Waals surface area contributed by atoms with Crippen LogP contribution in [0.4, 0.5) is 5.69 Å². The lowest BCUT2D eigenvalue weighted by molar-refractivity contribution is -0.137. The van der Waals surface area contributed by atoms with Gasteiger partial charge in [-0.2, -0.15) is 0 Å². The summed E-state index contributed by atoms with van der Waals surface area (Å²) in [4.78, 5) is 23.1. The second kappa shape index (κ2) is 6.72.